The van der Waals surface area contributed by atoms with Crippen LogP contribution in [0.3, 0.4) is 0 Å². The van der Waals surface area contributed by atoms with E-state index in [2.05, 4.69) is 5.32 Å². The van der Waals surface area contributed by atoms with E-state index in [0.717, 1.165) is 12.1 Å². The number of hydrogen-bond donors (Lipinski definition) is 2. The molecule has 0 saturated heterocycles. The molecule has 1 aromatic rings. The standard InChI is InChI=1S/C12H11F6NO/c1-6-5-19-9-3-2-7(4-8(6)9)10(20,11(13,14)15)12(16,17)18/h2-4,6,19-20H,5H2,1H3. The van der Waals surface area contributed by atoms with Crippen LogP contribution in [0.2, 0.25) is 0 Å². The molecule has 2 rings (SSSR count). The number of fused-ring (bicyclic) bond motifs is 1. The normalized spacial score (nSPS) is 19.7. The van der Waals surface area contributed by atoms with Crippen LogP contribution in [0.1, 0.15) is 24.0 Å². The van der Waals surface area contributed by atoms with Crippen molar-refractivity contribution in [2.45, 2.75) is 30.8 Å². The molecule has 1 unspecified atom stereocenters. The minimum Gasteiger partial charge on any atom is -0.384 e. The van der Waals surface area contributed by atoms with Crippen LogP contribution in [-0.4, -0.2) is 24.0 Å². The molecular weight excluding hydrogens is 288 g/mol. The molecule has 0 spiro atoms. The van der Waals surface area contributed by atoms with Gasteiger partial charge in [-0.25, -0.2) is 0 Å². The number of halogens is 6. The zero-order valence-electron chi connectivity index (χ0n) is 10.2. The number of alkyl halides is 6. The minimum absolute atomic E-state index is 0.226. The van der Waals surface area contributed by atoms with Gasteiger partial charge in [0.2, 0.25) is 0 Å². The summed E-state index contributed by atoms with van der Waals surface area (Å²) >= 11 is 0. The predicted molar refractivity (Wildman–Crippen MR) is 59.4 cm³/mol. The molecule has 1 aliphatic rings. The van der Waals surface area contributed by atoms with Crippen molar-refractivity contribution >= 4 is 5.69 Å². The maximum atomic E-state index is 12.7. The van der Waals surface area contributed by atoms with Crippen LogP contribution in [0.25, 0.3) is 0 Å². The number of benzene rings is 1. The summed E-state index contributed by atoms with van der Waals surface area (Å²) in [5.41, 5.74) is -5.27. The lowest BCUT2D eigenvalue weighted by Gasteiger charge is -2.33. The lowest BCUT2D eigenvalue weighted by atomic mass is 9.89. The summed E-state index contributed by atoms with van der Waals surface area (Å²) < 4.78 is 76.5. The molecule has 8 heteroatoms. The van der Waals surface area contributed by atoms with Crippen molar-refractivity contribution in [2.24, 2.45) is 0 Å². The van der Waals surface area contributed by atoms with E-state index < -0.39 is 23.5 Å². The Morgan fingerprint density at radius 1 is 1.10 bits per heavy atom. The van der Waals surface area contributed by atoms with Crippen molar-refractivity contribution in [3.8, 4) is 0 Å². The summed E-state index contributed by atoms with van der Waals surface area (Å²) in [5.74, 6) is -0.226. The molecule has 0 aromatic heterocycles. The zero-order chi connectivity index (χ0) is 15.3. The van der Waals surface area contributed by atoms with Gasteiger partial charge in [-0.05, 0) is 17.7 Å². The predicted octanol–water partition coefficient (Wildman–Crippen LogP) is 3.53. The topological polar surface area (TPSA) is 32.3 Å². The highest BCUT2D eigenvalue weighted by molar-refractivity contribution is 5.59. The zero-order valence-corrected chi connectivity index (χ0v) is 10.2. The highest BCUT2D eigenvalue weighted by atomic mass is 19.4. The van der Waals surface area contributed by atoms with Crippen molar-refractivity contribution in [1.29, 1.82) is 0 Å². The van der Waals surface area contributed by atoms with E-state index in [1.807, 2.05) is 0 Å². The molecule has 1 atom stereocenters. The van der Waals surface area contributed by atoms with Crippen LogP contribution < -0.4 is 5.32 Å². The number of rotatable bonds is 1. The summed E-state index contributed by atoms with van der Waals surface area (Å²) in [7, 11) is 0. The first-order valence-electron chi connectivity index (χ1n) is 5.72. The SMILES string of the molecule is CC1CNc2ccc(C(O)(C(F)(F)F)C(F)(F)F)cc21. The third kappa shape index (κ3) is 2.02. The highest BCUT2D eigenvalue weighted by Crippen LogP contribution is 2.51. The molecule has 20 heavy (non-hydrogen) atoms. The van der Waals surface area contributed by atoms with Gasteiger partial charge in [-0.15, -0.1) is 0 Å². The van der Waals surface area contributed by atoms with Crippen molar-refractivity contribution in [2.75, 3.05) is 11.9 Å². The van der Waals surface area contributed by atoms with E-state index in [-0.39, 0.29) is 5.92 Å². The highest BCUT2D eigenvalue weighted by Gasteiger charge is 2.71. The van der Waals surface area contributed by atoms with Gasteiger partial charge in [-0.3, -0.25) is 0 Å². The number of hydrogen-bond acceptors (Lipinski definition) is 2. The summed E-state index contributed by atoms with van der Waals surface area (Å²) in [4.78, 5) is 0. The molecule has 1 aromatic carbocycles. The third-order valence-electron chi connectivity index (χ3n) is 3.42. The molecule has 0 aliphatic carbocycles. The second-order valence-corrected chi connectivity index (χ2v) is 4.79. The minimum atomic E-state index is -5.85. The molecule has 2 N–H and O–H groups in total. The maximum absolute atomic E-state index is 12.7. The summed E-state index contributed by atoms with van der Waals surface area (Å²) in [6.07, 6.45) is -11.7. The first-order valence-corrected chi connectivity index (χ1v) is 5.72. The quantitative estimate of drug-likeness (QED) is 0.778. The maximum Gasteiger partial charge on any atom is 0.430 e. The summed E-state index contributed by atoms with van der Waals surface area (Å²) in [5, 5.41) is 12.2. The smallest absolute Gasteiger partial charge is 0.384 e. The van der Waals surface area contributed by atoms with Crippen molar-refractivity contribution in [3.05, 3.63) is 29.3 Å². The first-order chi connectivity index (χ1) is 8.98. The Morgan fingerprint density at radius 2 is 1.65 bits per heavy atom. The second-order valence-electron chi connectivity index (χ2n) is 4.79. The number of nitrogens with one attached hydrogen (secondary N) is 1. The molecule has 1 aliphatic heterocycles. The summed E-state index contributed by atoms with van der Waals surface area (Å²) in [6, 6.07) is 2.53. The van der Waals surface area contributed by atoms with E-state index in [0.29, 0.717) is 23.9 Å². The monoisotopic (exact) mass is 299 g/mol. The molecule has 112 valence electrons. The van der Waals surface area contributed by atoms with E-state index in [1.165, 1.54) is 0 Å². The van der Waals surface area contributed by atoms with Crippen molar-refractivity contribution in [3.63, 3.8) is 0 Å². The van der Waals surface area contributed by atoms with Crippen LogP contribution in [0.15, 0.2) is 18.2 Å². The van der Waals surface area contributed by atoms with E-state index in [4.69, 9.17) is 0 Å². The lowest BCUT2D eigenvalue weighted by Crippen LogP contribution is -2.53. The molecule has 0 amide bonds. The Morgan fingerprint density at radius 3 is 2.15 bits per heavy atom. The Kier molecular flexibility index (Phi) is 3.20. The van der Waals surface area contributed by atoms with Gasteiger partial charge in [-0.1, -0.05) is 13.0 Å². The Labute approximate surface area is 110 Å². The Hall–Kier alpha value is -1.44. The van der Waals surface area contributed by atoms with Crippen LogP contribution in [-0.2, 0) is 5.60 Å². The van der Waals surface area contributed by atoms with Gasteiger partial charge in [0.05, 0.1) is 0 Å². The first kappa shape index (κ1) is 15.0. The van der Waals surface area contributed by atoms with Gasteiger partial charge in [0.15, 0.2) is 0 Å². The van der Waals surface area contributed by atoms with E-state index in [1.54, 1.807) is 6.92 Å². The molecule has 0 fully saturated rings. The van der Waals surface area contributed by atoms with Crippen LogP contribution >= 0.6 is 0 Å². The Balaban J connectivity index is 2.60. The van der Waals surface area contributed by atoms with Gasteiger partial charge in [0.25, 0.3) is 5.60 Å². The second kappa shape index (κ2) is 4.28. The average molecular weight is 299 g/mol. The van der Waals surface area contributed by atoms with Gasteiger partial charge in [0, 0.05) is 23.7 Å². The van der Waals surface area contributed by atoms with Crippen LogP contribution in [0.4, 0.5) is 32.0 Å². The van der Waals surface area contributed by atoms with Crippen LogP contribution in [0, 0.1) is 0 Å². The number of aliphatic hydroxyl groups is 1. The van der Waals surface area contributed by atoms with Crippen LogP contribution in [0.5, 0.6) is 0 Å². The molecule has 0 saturated carbocycles. The number of anilines is 1. The average Bonchev–Trinajstić information content (AvgIpc) is 2.67. The lowest BCUT2D eigenvalue weighted by molar-refractivity contribution is -0.376. The fourth-order valence-electron chi connectivity index (χ4n) is 2.22. The van der Waals surface area contributed by atoms with E-state index in [9.17, 15) is 31.4 Å². The fraction of sp³-hybridized carbons (Fsp3) is 0.500. The molecule has 0 bridgehead atoms. The van der Waals surface area contributed by atoms with Crippen molar-refractivity contribution in [1.82, 2.24) is 0 Å². The molecular formula is C12H11F6NO. The third-order valence-corrected chi connectivity index (χ3v) is 3.42. The largest absolute Gasteiger partial charge is 0.430 e. The van der Waals surface area contributed by atoms with Gasteiger partial charge in [-0.2, -0.15) is 26.3 Å². The Bertz CT molecular complexity index is 508. The van der Waals surface area contributed by atoms with E-state index >= 15 is 0 Å². The van der Waals surface area contributed by atoms with Gasteiger partial charge < -0.3 is 10.4 Å². The fourth-order valence-corrected chi connectivity index (χ4v) is 2.22. The molecule has 2 nitrogen and oxygen atoms in total. The molecule has 0 radical (unpaired) electrons. The van der Waals surface area contributed by atoms with Gasteiger partial charge in [0.1, 0.15) is 0 Å². The molecule has 1 heterocycles. The van der Waals surface area contributed by atoms with Gasteiger partial charge >= 0.3 is 12.4 Å². The van der Waals surface area contributed by atoms with Crippen molar-refractivity contribution < 1.29 is 31.4 Å². The summed E-state index contributed by atoms with van der Waals surface area (Å²) in [6.45, 7) is 2.10.